The van der Waals surface area contributed by atoms with Gasteiger partial charge in [0.2, 0.25) is 0 Å². The number of hydrogen-bond donors (Lipinski definition) is 1. The molecule has 0 bridgehead atoms. The molecular weight excluding hydrogens is 232 g/mol. The van der Waals surface area contributed by atoms with Gasteiger partial charge in [-0.25, -0.2) is 0 Å². The largest absolute Gasteiger partial charge is 0.372 e. The molecule has 1 aliphatic rings. The fraction of sp³-hybridized carbons (Fsp3) is 0.529. The molecule has 19 heavy (non-hydrogen) atoms. The second-order valence-electron chi connectivity index (χ2n) is 5.40. The SMILES string of the molecule is C#CCC(C)NCc1ccc(N2CCCCC2)cc1. The Morgan fingerprint density at radius 3 is 2.53 bits per heavy atom. The molecule has 1 N–H and O–H groups in total. The second kappa shape index (κ2) is 7.21. The van der Waals surface area contributed by atoms with Gasteiger partial charge in [-0.05, 0) is 43.9 Å². The average Bonchev–Trinajstić information content (AvgIpc) is 2.47. The number of anilines is 1. The number of rotatable bonds is 5. The number of benzene rings is 1. The van der Waals surface area contributed by atoms with Gasteiger partial charge >= 0.3 is 0 Å². The van der Waals surface area contributed by atoms with Crippen molar-refractivity contribution in [2.45, 2.75) is 45.2 Å². The lowest BCUT2D eigenvalue weighted by Gasteiger charge is -2.28. The molecule has 1 aromatic carbocycles. The minimum Gasteiger partial charge on any atom is -0.372 e. The zero-order chi connectivity index (χ0) is 13.5. The van der Waals surface area contributed by atoms with Crippen LogP contribution in [-0.2, 0) is 6.54 Å². The normalized spacial score (nSPS) is 16.9. The Hall–Kier alpha value is -1.46. The molecule has 2 nitrogen and oxygen atoms in total. The van der Waals surface area contributed by atoms with Crippen LogP contribution in [-0.4, -0.2) is 19.1 Å². The maximum atomic E-state index is 5.31. The molecule has 0 saturated carbocycles. The molecule has 1 fully saturated rings. The summed E-state index contributed by atoms with van der Waals surface area (Å²) in [6.07, 6.45) is 10.1. The van der Waals surface area contributed by atoms with Gasteiger partial charge in [0, 0.05) is 37.8 Å². The van der Waals surface area contributed by atoms with Crippen LogP contribution < -0.4 is 10.2 Å². The van der Waals surface area contributed by atoms with E-state index in [0.29, 0.717) is 6.04 Å². The molecule has 102 valence electrons. The first-order valence-corrected chi connectivity index (χ1v) is 7.30. The highest BCUT2D eigenvalue weighted by Crippen LogP contribution is 2.20. The Morgan fingerprint density at radius 1 is 1.21 bits per heavy atom. The summed E-state index contributed by atoms with van der Waals surface area (Å²) in [6.45, 7) is 5.43. The van der Waals surface area contributed by atoms with Crippen LogP contribution in [0.1, 0.15) is 38.2 Å². The molecule has 1 unspecified atom stereocenters. The standard InChI is InChI=1S/C17H24N2/c1-3-7-15(2)18-14-16-8-10-17(11-9-16)19-12-5-4-6-13-19/h1,8-11,15,18H,4-7,12-14H2,2H3. The molecule has 2 heteroatoms. The van der Waals surface area contributed by atoms with E-state index >= 15 is 0 Å². The predicted octanol–water partition coefficient (Wildman–Crippen LogP) is 3.18. The first-order valence-electron chi connectivity index (χ1n) is 7.30. The van der Waals surface area contributed by atoms with E-state index in [-0.39, 0.29) is 0 Å². The number of hydrogen-bond acceptors (Lipinski definition) is 2. The minimum atomic E-state index is 0.381. The molecule has 1 atom stereocenters. The highest BCUT2D eigenvalue weighted by Gasteiger charge is 2.10. The monoisotopic (exact) mass is 256 g/mol. The highest BCUT2D eigenvalue weighted by atomic mass is 15.1. The molecule has 1 aliphatic heterocycles. The Morgan fingerprint density at radius 2 is 1.89 bits per heavy atom. The van der Waals surface area contributed by atoms with Gasteiger partial charge in [0.15, 0.2) is 0 Å². The van der Waals surface area contributed by atoms with Crippen molar-refractivity contribution in [1.82, 2.24) is 5.32 Å². The van der Waals surface area contributed by atoms with Crippen LogP contribution >= 0.6 is 0 Å². The van der Waals surface area contributed by atoms with Gasteiger partial charge in [0.05, 0.1) is 0 Å². The highest BCUT2D eigenvalue weighted by molar-refractivity contribution is 5.47. The van der Waals surface area contributed by atoms with Crippen LogP contribution in [0.5, 0.6) is 0 Å². The molecule has 0 amide bonds. The van der Waals surface area contributed by atoms with Crippen molar-refractivity contribution in [1.29, 1.82) is 0 Å². The summed E-state index contributed by atoms with van der Waals surface area (Å²) in [5.74, 6) is 2.69. The molecule has 2 rings (SSSR count). The van der Waals surface area contributed by atoms with Crippen molar-refractivity contribution < 1.29 is 0 Å². The average molecular weight is 256 g/mol. The Balaban J connectivity index is 1.85. The van der Waals surface area contributed by atoms with Crippen molar-refractivity contribution in [2.75, 3.05) is 18.0 Å². The van der Waals surface area contributed by atoms with Crippen LogP contribution in [0, 0.1) is 12.3 Å². The molecule has 1 heterocycles. The van der Waals surface area contributed by atoms with Crippen molar-refractivity contribution in [3.8, 4) is 12.3 Å². The number of nitrogens with zero attached hydrogens (tertiary/aromatic N) is 1. The molecule has 1 aromatic rings. The zero-order valence-corrected chi connectivity index (χ0v) is 11.9. The van der Waals surface area contributed by atoms with Gasteiger partial charge in [0.25, 0.3) is 0 Å². The third-order valence-corrected chi connectivity index (χ3v) is 3.74. The van der Waals surface area contributed by atoms with E-state index in [9.17, 15) is 0 Å². The molecule has 1 saturated heterocycles. The smallest absolute Gasteiger partial charge is 0.0366 e. The fourth-order valence-corrected chi connectivity index (χ4v) is 2.52. The third-order valence-electron chi connectivity index (χ3n) is 3.74. The summed E-state index contributed by atoms with van der Waals surface area (Å²) in [5, 5.41) is 3.44. The van der Waals surface area contributed by atoms with Crippen molar-refractivity contribution in [3.05, 3.63) is 29.8 Å². The van der Waals surface area contributed by atoms with Gasteiger partial charge < -0.3 is 10.2 Å². The molecule has 0 aromatic heterocycles. The lowest BCUT2D eigenvalue weighted by atomic mass is 10.1. The van der Waals surface area contributed by atoms with E-state index < -0.39 is 0 Å². The second-order valence-corrected chi connectivity index (χ2v) is 5.40. The summed E-state index contributed by atoms with van der Waals surface area (Å²) in [7, 11) is 0. The Kier molecular flexibility index (Phi) is 5.30. The molecule has 0 spiro atoms. The van der Waals surface area contributed by atoms with E-state index in [0.717, 1.165) is 13.0 Å². The van der Waals surface area contributed by atoms with Crippen LogP contribution in [0.4, 0.5) is 5.69 Å². The van der Waals surface area contributed by atoms with Crippen molar-refractivity contribution in [2.24, 2.45) is 0 Å². The Bertz CT molecular complexity index is 410. The fourth-order valence-electron chi connectivity index (χ4n) is 2.52. The van der Waals surface area contributed by atoms with E-state index in [1.54, 1.807) is 0 Å². The summed E-state index contributed by atoms with van der Waals surface area (Å²) in [6, 6.07) is 9.31. The van der Waals surface area contributed by atoms with Crippen molar-refractivity contribution in [3.63, 3.8) is 0 Å². The van der Waals surface area contributed by atoms with Crippen LogP contribution in [0.3, 0.4) is 0 Å². The predicted molar refractivity (Wildman–Crippen MR) is 82.3 cm³/mol. The van der Waals surface area contributed by atoms with E-state index in [1.807, 2.05) is 0 Å². The lowest BCUT2D eigenvalue weighted by Crippen LogP contribution is -2.29. The summed E-state index contributed by atoms with van der Waals surface area (Å²) >= 11 is 0. The third kappa shape index (κ3) is 4.29. The lowest BCUT2D eigenvalue weighted by molar-refractivity contribution is 0.559. The summed E-state index contributed by atoms with van der Waals surface area (Å²) in [5.41, 5.74) is 2.68. The maximum Gasteiger partial charge on any atom is 0.0366 e. The quantitative estimate of drug-likeness (QED) is 0.814. The molecular formula is C17H24N2. The maximum absolute atomic E-state index is 5.31. The molecule has 0 aliphatic carbocycles. The number of nitrogens with one attached hydrogen (secondary N) is 1. The van der Waals surface area contributed by atoms with E-state index in [4.69, 9.17) is 6.42 Å². The summed E-state index contributed by atoms with van der Waals surface area (Å²) in [4.78, 5) is 2.49. The first kappa shape index (κ1) is 14.0. The van der Waals surface area contributed by atoms with Gasteiger partial charge in [0.1, 0.15) is 0 Å². The van der Waals surface area contributed by atoms with Crippen molar-refractivity contribution >= 4 is 5.69 Å². The van der Waals surface area contributed by atoms with E-state index in [2.05, 4.69) is 47.3 Å². The van der Waals surface area contributed by atoms with Gasteiger partial charge in [-0.2, -0.15) is 0 Å². The van der Waals surface area contributed by atoms with Gasteiger partial charge in [-0.15, -0.1) is 12.3 Å². The first-order chi connectivity index (χ1) is 9.29. The van der Waals surface area contributed by atoms with Crippen LogP contribution in [0.25, 0.3) is 0 Å². The zero-order valence-electron chi connectivity index (χ0n) is 11.9. The topological polar surface area (TPSA) is 15.3 Å². The van der Waals surface area contributed by atoms with Crippen LogP contribution in [0.2, 0.25) is 0 Å². The molecule has 0 radical (unpaired) electrons. The van der Waals surface area contributed by atoms with Crippen LogP contribution in [0.15, 0.2) is 24.3 Å². The van der Waals surface area contributed by atoms with Gasteiger partial charge in [-0.1, -0.05) is 12.1 Å². The van der Waals surface area contributed by atoms with Gasteiger partial charge in [-0.3, -0.25) is 0 Å². The summed E-state index contributed by atoms with van der Waals surface area (Å²) < 4.78 is 0. The number of terminal acetylenes is 1. The Labute approximate surface area is 117 Å². The number of piperidine rings is 1. The van der Waals surface area contributed by atoms with E-state index in [1.165, 1.54) is 43.6 Å². The minimum absolute atomic E-state index is 0.381.